The number of esters is 1. The molecule has 0 saturated carbocycles. The summed E-state index contributed by atoms with van der Waals surface area (Å²) in [5, 5.41) is 76.3. The maximum absolute atomic E-state index is 14.8. The molecule has 0 bridgehead atoms. The maximum Gasteiger partial charge on any atom is 0.490 e. The van der Waals surface area contributed by atoms with Gasteiger partial charge in [0.2, 0.25) is 33.3 Å². The van der Waals surface area contributed by atoms with Crippen LogP contribution in [-0.4, -0.2) is 189 Å². The molecular weight excluding hydrogens is 1270 g/mol. The van der Waals surface area contributed by atoms with Gasteiger partial charge < -0.3 is 65.8 Å². The molecule has 3 aromatic heterocycles. The molecule has 39 heteroatoms. The van der Waals surface area contributed by atoms with Crippen LogP contribution in [-0.2, 0) is 57.1 Å². The number of methoxy groups -OCH3 is 2. The van der Waals surface area contributed by atoms with Gasteiger partial charge in [0.15, 0.2) is 11.3 Å². The van der Waals surface area contributed by atoms with Gasteiger partial charge in [-0.15, -0.1) is 33.7 Å². The maximum atomic E-state index is 14.8. The summed E-state index contributed by atoms with van der Waals surface area (Å²) in [5.74, 6) is -11.4. The highest BCUT2D eigenvalue weighted by Gasteiger charge is 2.68. The number of aryl methyl sites for hydroxylation is 2. The Hall–Kier alpha value is -9.28. The van der Waals surface area contributed by atoms with Crippen LogP contribution in [0.15, 0.2) is 109 Å². The third-order valence-corrected chi connectivity index (χ3v) is 18.6. The second kappa shape index (κ2) is 25.4. The molecule has 6 atom stereocenters. The van der Waals surface area contributed by atoms with E-state index < -0.39 is 116 Å². The van der Waals surface area contributed by atoms with Crippen molar-refractivity contribution in [3.05, 3.63) is 116 Å². The number of fused-ring (bicyclic) bond motifs is 3. The average molecular weight is 1320 g/mol. The van der Waals surface area contributed by atoms with Crippen molar-refractivity contribution in [2.24, 2.45) is 19.8 Å². The monoisotopic (exact) mass is 1310 g/mol. The molecule has 468 valence electrons. The zero-order valence-electron chi connectivity index (χ0n) is 45.8. The number of carboxylic acid groups (broad SMARTS) is 2. The van der Waals surface area contributed by atoms with Crippen molar-refractivity contribution in [3.63, 3.8) is 0 Å². The van der Waals surface area contributed by atoms with Crippen LogP contribution in [0, 0.1) is 0 Å². The number of halogens is 3. The summed E-state index contributed by atoms with van der Waals surface area (Å²) in [5.41, 5.74) is 0.450. The minimum atomic E-state index is -5.08. The number of nitrogens with two attached hydrogens (primary N) is 1. The van der Waals surface area contributed by atoms with E-state index in [0.717, 1.165) is 64.3 Å². The summed E-state index contributed by atoms with van der Waals surface area (Å²) >= 11 is 4.55. The number of carbonyl (C=O) groups excluding carboxylic acids is 6. The lowest BCUT2D eigenvalue weighted by molar-refractivity contribution is -0.192. The highest BCUT2D eigenvalue weighted by atomic mass is 32.2. The number of carbonyl (C=O) groups is 8. The molecule has 89 heavy (non-hydrogen) atoms. The van der Waals surface area contributed by atoms with Gasteiger partial charge in [0.05, 0.1) is 5.39 Å². The molecule has 6 aromatic rings. The van der Waals surface area contributed by atoms with Gasteiger partial charge in [-0.2, -0.15) is 13.2 Å². The topological polar surface area (TPSA) is 451 Å². The number of alkyl halides is 3. The number of ether oxygens (including phenoxy) is 3. The molecule has 0 aliphatic carbocycles. The number of β-lactam (4-membered cyclic amide) rings is 2. The van der Waals surface area contributed by atoms with E-state index in [0.29, 0.717) is 33.3 Å². The van der Waals surface area contributed by atoms with Crippen LogP contribution in [0.4, 0.5) is 13.2 Å². The Morgan fingerprint density at radius 1 is 0.764 bits per heavy atom. The molecule has 10 N–H and O–H groups in total. The first-order chi connectivity index (χ1) is 42.2. The largest absolute Gasteiger partial charge is 0.508 e. The lowest BCUT2D eigenvalue weighted by Crippen LogP contribution is -2.81. The number of carboxylic acids is 2. The predicted octanol–water partition coefficient (Wildman–Crippen LogP) is 0.592. The first kappa shape index (κ1) is 64.2. The van der Waals surface area contributed by atoms with Crippen LogP contribution >= 0.6 is 47.0 Å². The van der Waals surface area contributed by atoms with Crippen LogP contribution in [0.25, 0.3) is 11.0 Å². The van der Waals surface area contributed by atoms with Crippen molar-refractivity contribution in [2.75, 3.05) is 37.2 Å². The van der Waals surface area contributed by atoms with Gasteiger partial charge >= 0.3 is 24.1 Å². The SMILES string of the molecule is CO[C@@]1(NC(=O)C(NC(=O)c2coc3c(O)c(O)ccc3c2=O)c2ccc(OC(=O)C3=C(CSc4nnnn4C)CS[C@@H]4N3C(=O)[C@]4(NC(=O)C(N)c3ccc(O)cc3)OC)cc2)C(=O)N2C(C(=O)O)=C(CSc3nnnn3C)CS[C@H]21.O=C(O)C(F)(F)F. The number of aromatic nitrogens is 8. The van der Waals surface area contributed by atoms with Crippen LogP contribution in [0.1, 0.15) is 33.6 Å². The first-order valence-electron chi connectivity index (χ1n) is 25.1. The van der Waals surface area contributed by atoms with Gasteiger partial charge in [-0.1, -0.05) is 47.8 Å². The summed E-state index contributed by atoms with van der Waals surface area (Å²) in [4.78, 5) is 123. The molecule has 4 aliphatic rings. The summed E-state index contributed by atoms with van der Waals surface area (Å²) < 4.78 is 57.2. The quantitative estimate of drug-likeness (QED) is 0.0134. The van der Waals surface area contributed by atoms with E-state index in [9.17, 15) is 72.0 Å². The van der Waals surface area contributed by atoms with Crippen molar-refractivity contribution in [1.29, 1.82) is 0 Å². The smallest absolute Gasteiger partial charge is 0.490 e. The predicted molar refractivity (Wildman–Crippen MR) is 300 cm³/mol. The first-order valence-corrected chi connectivity index (χ1v) is 29.2. The molecule has 2 saturated heterocycles. The number of phenols is 3. The average Bonchev–Trinajstić information content (AvgIpc) is 1.26. The van der Waals surface area contributed by atoms with Crippen LogP contribution in [0.3, 0.4) is 0 Å². The van der Waals surface area contributed by atoms with Crippen molar-refractivity contribution in [1.82, 2.24) is 66.2 Å². The third-order valence-electron chi connectivity index (χ3n) is 13.7. The molecule has 7 heterocycles. The Kier molecular flexibility index (Phi) is 18.4. The standard InChI is InChI=1S/C48H44N14O16S4.C2HF3O2/c1-59-45(53-55-57-59)81-18-22-16-79-43-48(76-4,41(73)61(43)31(22)39(70)71)52-38(69)30(50-36(67)27-15-77-35-26(33(27)65)13-14-28(64)34(35)66)21-7-11-25(12-8-21)78-40(72)32-23(19-82-46-54-56-58-60(46)2)17-80-44-47(75-3,42(74)62(32)44)51-37(68)29(49)20-5-9-24(63)10-6-20;3-2(4,5)1(6)7/h5-15,29-30,43-44,63-64,66H,16-19,49H2,1-4H3,(H,50,67)(H,51,68)(H,52,69)(H,70,71);(H,6,7)/t29?,30?,43-,44-,47-,48-;/m0./s1. The Morgan fingerprint density at radius 2 is 1.27 bits per heavy atom. The third kappa shape index (κ3) is 12.2. The second-order valence-corrected chi connectivity index (χ2v) is 23.0. The number of rotatable bonds is 19. The van der Waals surface area contributed by atoms with E-state index in [1.807, 2.05) is 0 Å². The number of thioether (sulfide) groups is 4. The Labute approximate surface area is 512 Å². The number of phenolic OH excluding ortho intramolecular Hbond substituents is 3. The fraction of sp³-hybridized carbons (Fsp3) is 0.300. The Bertz CT molecular complexity index is 4000. The van der Waals surface area contributed by atoms with Crippen molar-refractivity contribution >= 4 is 105 Å². The normalized spacial score (nSPS) is 20.2. The number of hydrogen-bond acceptors (Lipinski definition) is 27. The number of benzene rings is 3. The number of nitrogens with one attached hydrogen (secondary N) is 3. The molecular formula is C50H45F3N14O18S4. The molecule has 32 nitrogen and oxygen atoms in total. The highest BCUT2D eigenvalue weighted by molar-refractivity contribution is 8.01. The summed E-state index contributed by atoms with van der Waals surface area (Å²) in [6, 6.07) is 9.58. The molecule has 0 spiro atoms. The van der Waals surface area contributed by atoms with E-state index >= 15 is 0 Å². The summed E-state index contributed by atoms with van der Waals surface area (Å²) in [6.07, 6.45) is -4.38. The van der Waals surface area contributed by atoms with E-state index in [1.165, 1.54) is 76.8 Å². The molecule has 2 fully saturated rings. The van der Waals surface area contributed by atoms with Crippen LogP contribution < -0.4 is 31.8 Å². The minimum Gasteiger partial charge on any atom is -0.508 e. The zero-order chi connectivity index (χ0) is 64.6. The molecule has 3 aromatic carbocycles. The van der Waals surface area contributed by atoms with Crippen molar-refractivity contribution in [2.45, 2.75) is 50.8 Å². The Morgan fingerprint density at radius 3 is 1.76 bits per heavy atom. The number of aliphatic carboxylic acids is 2. The number of aromatic hydroxyl groups is 3. The Balaban J connectivity index is 0.00000127. The number of tetrazole rings is 2. The van der Waals surface area contributed by atoms with Crippen molar-refractivity contribution < 1.29 is 95.7 Å². The van der Waals surface area contributed by atoms with Gasteiger partial charge in [0.25, 0.3) is 29.2 Å². The van der Waals surface area contributed by atoms with E-state index in [1.54, 1.807) is 14.1 Å². The van der Waals surface area contributed by atoms with E-state index in [2.05, 4.69) is 47.0 Å². The molecule has 4 aliphatic heterocycles. The van der Waals surface area contributed by atoms with Gasteiger partial charge in [-0.05, 0) is 79.5 Å². The van der Waals surface area contributed by atoms with Crippen LogP contribution in [0.5, 0.6) is 23.0 Å². The molecule has 10 rings (SSSR count). The minimum absolute atomic E-state index is 0.0416. The van der Waals surface area contributed by atoms with E-state index in [-0.39, 0.29) is 56.9 Å². The second-order valence-electron chi connectivity index (χ2n) is 19.0. The highest BCUT2D eigenvalue weighted by Crippen LogP contribution is 2.49. The van der Waals surface area contributed by atoms with Gasteiger partial charge in [0, 0.05) is 51.3 Å². The molecule has 2 unspecified atom stereocenters. The number of amides is 5. The zero-order valence-corrected chi connectivity index (χ0v) is 49.1. The van der Waals surface area contributed by atoms with E-state index in [4.69, 9.17) is 34.3 Å². The van der Waals surface area contributed by atoms with Gasteiger partial charge in [-0.25, -0.2) is 23.7 Å². The summed E-state index contributed by atoms with van der Waals surface area (Å²) in [7, 11) is 5.53. The lowest BCUT2D eigenvalue weighted by Gasteiger charge is -2.56. The van der Waals surface area contributed by atoms with Gasteiger partial charge in [-0.3, -0.25) is 38.6 Å². The fourth-order valence-electron chi connectivity index (χ4n) is 9.16. The lowest BCUT2D eigenvalue weighted by atomic mass is 9.96. The molecule has 0 radical (unpaired) electrons. The molecule has 5 amide bonds. The van der Waals surface area contributed by atoms with Crippen molar-refractivity contribution in [3.8, 4) is 23.0 Å². The fourth-order valence-corrected chi connectivity index (χ4v) is 14.0. The number of hydrogen-bond donors (Lipinski definition) is 9. The van der Waals surface area contributed by atoms with Gasteiger partial charge in [0.1, 0.15) is 57.6 Å². The van der Waals surface area contributed by atoms with Crippen LogP contribution in [0.2, 0.25) is 0 Å². The summed E-state index contributed by atoms with van der Waals surface area (Å²) in [6.45, 7) is 0. The number of nitrogens with zero attached hydrogens (tertiary/aromatic N) is 10.